The number of hydrogen-bond donors (Lipinski definition) is 1. The Bertz CT molecular complexity index is 994. The Balaban J connectivity index is 1.68. The number of hydrogen-bond acceptors (Lipinski definition) is 5. The van der Waals surface area contributed by atoms with E-state index in [9.17, 15) is 4.79 Å². The van der Waals surface area contributed by atoms with Crippen LogP contribution in [-0.2, 0) is 6.61 Å². The normalized spacial score (nSPS) is 10.2. The molecule has 0 saturated carbocycles. The lowest BCUT2D eigenvalue weighted by molar-refractivity contribution is 0.102. The Kier molecular flexibility index (Phi) is 5.52. The van der Waals surface area contributed by atoms with Crippen LogP contribution in [0.3, 0.4) is 0 Å². The van der Waals surface area contributed by atoms with Gasteiger partial charge in [0.15, 0.2) is 0 Å². The van der Waals surface area contributed by atoms with E-state index in [1.807, 2.05) is 18.4 Å². The molecule has 1 heterocycles. The molecule has 0 aliphatic carbocycles. The average Bonchev–Trinajstić information content (AvgIpc) is 3.06. The van der Waals surface area contributed by atoms with Crippen molar-refractivity contribution in [3.05, 3.63) is 74.7 Å². The van der Waals surface area contributed by atoms with Gasteiger partial charge in [-0.1, -0.05) is 17.7 Å². The van der Waals surface area contributed by atoms with Gasteiger partial charge >= 0.3 is 0 Å². The van der Waals surface area contributed by atoms with Gasteiger partial charge in [0.1, 0.15) is 18.4 Å². The highest BCUT2D eigenvalue weighted by Crippen LogP contribution is 2.22. The Morgan fingerprint density at radius 1 is 1.35 bits per heavy atom. The summed E-state index contributed by atoms with van der Waals surface area (Å²) in [6.07, 6.45) is 0. The number of rotatable bonds is 5. The van der Waals surface area contributed by atoms with Gasteiger partial charge in [-0.25, -0.2) is 4.98 Å². The molecule has 0 bridgehead atoms. The van der Waals surface area contributed by atoms with Crippen molar-refractivity contribution in [1.29, 1.82) is 5.26 Å². The number of nitriles is 1. The third-order valence-electron chi connectivity index (χ3n) is 3.50. The molecule has 0 radical (unpaired) electrons. The van der Waals surface area contributed by atoms with E-state index >= 15 is 0 Å². The van der Waals surface area contributed by atoms with Crippen LogP contribution in [0.2, 0.25) is 5.02 Å². The topological polar surface area (TPSA) is 75.0 Å². The summed E-state index contributed by atoms with van der Waals surface area (Å²) in [5.74, 6) is 0.293. The van der Waals surface area contributed by atoms with E-state index in [-0.39, 0.29) is 5.91 Å². The molecule has 5 nitrogen and oxygen atoms in total. The molecule has 1 amide bonds. The van der Waals surface area contributed by atoms with Crippen molar-refractivity contribution in [3.63, 3.8) is 0 Å². The van der Waals surface area contributed by atoms with Crippen molar-refractivity contribution < 1.29 is 9.53 Å². The smallest absolute Gasteiger partial charge is 0.255 e. The number of anilines is 1. The maximum absolute atomic E-state index is 12.4. The zero-order valence-corrected chi connectivity index (χ0v) is 15.4. The summed E-state index contributed by atoms with van der Waals surface area (Å²) < 4.78 is 5.70. The minimum atomic E-state index is -0.291. The first-order valence-corrected chi connectivity index (χ1v) is 8.96. The quantitative estimate of drug-likeness (QED) is 0.686. The van der Waals surface area contributed by atoms with Crippen molar-refractivity contribution >= 4 is 34.5 Å². The lowest BCUT2D eigenvalue weighted by Crippen LogP contribution is -2.12. The van der Waals surface area contributed by atoms with Crippen LogP contribution in [-0.4, -0.2) is 10.9 Å². The third kappa shape index (κ3) is 4.39. The predicted molar refractivity (Wildman–Crippen MR) is 102 cm³/mol. The van der Waals surface area contributed by atoms with Crippen LogP contribution < -0.4 is 10.1 Å². The Labute approximate surface area is 159 Å². The minimum Gasteiger partial charge on any atom is -0.487 e. The molecule has 130 valence electrons. The summed E-state index contributed by atoms with van der Waals surface area (Å²) in [5.41, 5.74) is 2.19. The average molecular weight is 384 g/mol. The molecule has 0 spiro atoms. The molecule has 0 aliphatic heterocycles. The van der Waals surface area contributed by atoms with Gasteiger partial charge < -0.3 is 10.1 Å². The molecule has 0 aliphatic rings. The van der Waals surface area contributed by atoms with Crippen LogP contribution in [0, 0.1) is 18.3 Å². The van der Waals surface area contributed by atoms with Crippen LogP contribution in [0.4, 0.5) is 5.69 Å². The van der Waals surface area contributed by atoms with Crippen molar-refractivity contribution in [3.8, 4) is 11.8 Å². The molecule has 0 saturated heterocycles. The summed E-state index contributed by atoms with van der Waals surface area (Å²) >= 11 is 7.55. The monoisotopic (exact) mass is 383 g/mol. The maximum Gasteiger partial charge on any atom is 0.255 e. The summed E-state index contributed by atoms with van der Waals surface area (Å²) in [5, 5.41) is 14.9. The molecule has 0 fully saturated rings. The Morgan fingerprint density at radius 2 is 2.19 bits per heavy atom. The number of benzene rings is 2. The first-order chi connectivity index (χ1) is 12.5. The summed E-state index contributed by atoms with van der Waals surface area (Å²) in [6, 6.07) is 13.6. The van der Waals surface area contributed by atoms with Gasteiger partial charge in [-0.05, 0) is 43.3 Å². The molecule has 0 unspecified atom stereocenters. The van der Waals surface area contributed by atoms with E-state index in [2.05, 4.69) is 10.3 Å². The summed E-state index contributed by atoms with van der Waals surface area (Å²) in [6.45, 7) is 2.29. The van der Waals surface area contributed by atoms with Gasteiger partial charge in [0.25, 0.3) is 5.91 Å². The number of carbonyl (C=O) groups is 1. The fourth-order valence-corrected chi connectivity index (χ4v) is 3.07. The number of halogens is 1. The predicted octanol–water partition coefficient (Wildman–Crippen LogP) is 4.81. The number of nitrogens with zero attached hydrogens (tertiary/aromatic N) is 2. The van der Waals surface area contributed by atoms with Crippen molar-refractivity contribution in [2.45, 2.75) is 13.5 Å². The fourth-order valence-electron chi connectivity index (χ4n) is 2.25. The van der Waals surface area contributed by atoms with E-state index in [1.54, 1.807) is 53.8 Å². The van der Waals surface area contributed by atoms with Crippen molar-refractivity contribution in [2.24, 2.45) is 0 Å². The number of aromatic nitrogens is 1. The highest BCUT2D eigenvalue weighted by atomic mass is 35.5. The number of amides is 1. The zero-order chi connectivity index (χ0) is 18.5. The van der Waals surface area contributed by atoms with E-state index in [0.29, 0.717) is 34.2 Å². The van der Waals surface area contributed by atoms with Gasteiger partial charge in [-0.2, -0.15) is 5.26 Å². The van der Waals surface area contributed by atoms with Gasteiger partial charge in [0.2, 0.25) is 0 Å². The van der Waals surface area contributed by atoms with Crippen LogP contribution in [0.25, 0.3) is 0 Å². The molecule has 1 N–H and O–H groups in total. The first-order valence-electron chi connectivity index (χ1n) is 7.70. The van der Waals surface area contributed by atoms with E-state index in [4.69, 9.17) is 21.6 Å². The number of ether oxygens (including phenoxy) is 1. The number of aryl methyl sites for hydroxylation is 1. The van der Waals surface area contributed by atoms with Crippen molar-refractivity contribution in [1.82, 2.24) is 4.98 Å². The van der Waals surface area contributed by atoms with E-state index < -0.39 is 0 Å². The molecule has 7 heteroatoms. The Morgan fingerprint density at radius 3 is 2.88 bits per heavy atom. The zero-order valence-electron chi connectivity index (χ0n) is 13.8. The highest BCUT2D eigenvalue weighted by molar-refractivity contribution is 7.09. The number of thiazole rings is 1. The standard InChI is InChI=1S/C19H14ClN3O2S/c1-12-22-16(11-26-12)10-25-17-4-2-3-13(7-17)19(24)23-15-6-5-14(9-21)18(20)8-15/h2-8,11H,10H2,1H3,(H,23,24). The Hall–Kier alpha value is -2.88. The van der Waals surface area contributed by atoms with Gasteiger partial charge in [-0.15, -0.1) is 11.3 Å². The summed E-state index contributed by atoms with van der Waals surface area (Å²) in [7, 11) is 0. The van der Waals surface area contributed by atoms with Crippen LogP contribution in [0.15, 0.2) is 47.8 Å². The van der Waals surface area contributed by atoms with Crippen LogP contribution in [0.5, 0.6) is 5.75 Å². The lowest BCUT2D eigenvalue weighted by Gasteiger charge is -2.09. The fraction of sp³-hybridized carbons (Fsp3) is 0.105. The number of nitrogens with one attached hydrogen (secondary N) is 1. The largest absolute Gasteiger partial charge is 0.487 e. The van der Waals surface area contributed by atoms with Crippen molar-refractivity contribution in [2.75, 3.05) is 5.32 Å². The maximum atomic E-state index is 12.4. The van der Waals surface area contributed by atoms with Gasteiger partial charge in [0.05, 0.1) is 21.3 Å². The van der Waals surface area contributed by atoms with Crippen LogP contribution in [0.1, 0.15) is 26.6 Å². The second-order valence-corrected chi connectivity index (χ2v) is 6.90. The second-order valence-electron chi connectivity index (χ2n) is 5.43. The molecular weight excluding hydrogens is 370 g/mol. The molecule has 3 rings (SSSR count). The van der Waals surface area contributed by atoms with Gasteiger partial charge in [0, 0.05) is 16.6 Å². The SMILES string of the molecule is Cc1nc(COc2cccc(C(=O)Nc3ccc(C#N)c(Cl)c3)c2)cs1. The first kappa shape index (κ1) is 17.9. The lowest BCUT2D eigenvalue weighted by atomic mass is 10.2. The molecule has 1 aromatic heterocycles. The molecule has 2 aromatic carbocycles. The number of carbonyl (C=O) groups excluding carboxylic acids is 1. The van der Waals surface area contributed by atoms with Crippen LogP contribution >= 0.6 is 22.9 Å². The molecule has 0 atom stereocenters. The summed E-state index contributed by atoms with van der Waals surface area (Å²) in [4.78, 5) is 16.8. The van der Waals surface area contributed by atoms with E-state index in [1.165, 1.54) is 0 Å². The molecule has 3 aromatic rings. The third-order valence-corrected chi connectivity index (χ3v) is 4.63. The molecular formula is C19H14ClN3O2S. The van der Waals surface area contributed by atoms with Gasteiger partial charge in [-0.3, -0.25) is 4.79 Å². The second kappa shape index (κ2) is 8.00. The highest BCUT2D eigenvalue weighted by Gasteiger charge is 2.09. The molecule has 26 heavy (non-hydrogen) atoms. The minimum absolute atomic E-state index is 0.291. The van der Waals surface area contributed by atoms with E-state index in [0.717, 1.165) is 10.7 Å².